The minimum absolute atomic E-state index is 0.151. The van der Waals surface area contributed by atoms with Gasteiger partial charge in [-0.15, -0.1) is 11.8 Å². The molecule has 0 aromatic heterocycles. The van der Waals surface area contributed by atoms with Crippen molar-refractivity contribution < 1.29 is 14.3 Å². The molecular weight excluding hydrogens is 238 g/mol. The Morgan fingerprint density at radius 1 is 1.35 bits per heavy atom. The number of ether oxygens (including phenoxy) is 1. The van der Waals surface area contributed by atoms with E-state index in [4.69, 9.17) is 10.5 Å². The van der Waals surface area contributed by atoms with Crippen molar-refractivity contribution in [3.05, 3.63) is 29.8 Å². The second kappa shape index (κ2) is 6.96. The molecule has 1 amide bonds. The van der Waals surface area contributed by atoms with E-state index in [1.807, 2.05) is 6.92 Å². The summed E-state index contributed by atoms with van der Waals surface area (Å²) in [4.78, 5) is 23.1. The number of nitrogens with two attached hydrogens (primary N) is 1. The van der Waals surface area contributed by atoms with Crippen molar-refractivity contribution >= 4 is 23.6 Å². The lowest BCUT2D eigenvalue weighted by Gasteiger charge is -2.07. The maximum atomic E-state index is 11.7. The van der Waals surface area contributed by atoms with Gasteiger partial charge in [-0.3, -0.25) is 4.79 Å². The zero-order valence-electron chi connectivity index (χ0n) is 9.64. The predicted molar refractivity (Wildman–Crippen MR) is 66.9 cm³/mol. The van der Waals surface area contributed by atoms with Crippen LogP contribution in [-0.2, 0) is 9.53 Å². The highest BCUT2D eigenvalue weighted by Gasteiger charge is 2.12. The number of primary amides is 1. The summed E-state index contributed by atoms with van der Waals surface area (Å²) in [7, 11) is 0. The Hall–Kier alpha value is -1.49. The quantitative estimate of drug-likeness (QED) is 0.620. The Morgan fingerprint density at radius 3 is 2.71 bits per heavy atom. The van der Waals surface area contributed by atoms with Gasteiger partial charge < -0.3 is 10.5 Å². The van der Waals surface area contributed by atoms with Crippen LogP contribution in [0.5, 0.6) is 0 Å². The van der Waals surface area contributed by atoms with E-state index < -0.39 is 5.91 Å². The summed E-state index contributed by atoms with van der Waals surface area (Å²) in [5.41, 5.74) is 5.55. The van der Waals surface area contributed by atoms with E-state index in [1.165, 1.54) is 11.8 Å². The second-order valence-electron chi connectivity index (χ2n) is 3.39. The van der Waals surface area contributed by atoms with Crippen molar-refractivity contribution in [3.63, 3.8) is 0 Å². The fourth-order valence-corrected chi connectivity index (χ4v) is 1.96. The molecule has 0 atom stereocenters. The van der Waals surface area contributed by atoms with Gasteiger partial charge in [0.1, 0.15) is 0 Å². The van der Waals surface area contributed by atoms with Crippen LogP contribution in [0, 0.1) is 0 Å². The molecule has 0 fully saturated rings. The highest BCUT2D eigenvalue weighted by Crippen LogP contribution is 2.22. The summed E-state index contributed by atoms with van der Waals surface area (Å²) in [6, 6.07) is 7.02. The molecule has 1 aromatic rings. The van der Waals surface area contributed by atoms with Crippen LogP contribution in [0.2, 0.25) is 0 Å². The zero-order chi connectivity index (χ0) is 12.7. The molecular formula is C12H15NO3S. The SMILES string of the molecule is CCCOC(=O)c1ccccc1SCC(N)=O. The maximum Gasteiger partial charge on any atom is 0.339 e. The van der Waals surface area contributed by atoms with Crippen molar-refractivity contribution in [1.82, 2.24) is 0 Å². The van der Waals surface area contributed by atoms with Gasteiger partial charge in [-0.2, -0.15) is 0 Å². The molecule has 0 heterocycles. The van der Waals surface area contributed by atoms with E-state index in [0.29, 0.717) is 17.1 Å². The lowest BCUT2D eigenvalue weighted by atomic mass is 10.2. The summed E-state index contributed by atoms with van der Waals surface area (Å²) < 4.78 is 5.06. The minimum Gasteiger partial charge on any atom is -0.462 e. The van der Waals surface area contributed by atoms with E-state index >= 15 is 0 Å². The monoisotopic (exact) mass is 253 g/mol. The van der Waals surface area contributed by atoms with Crippen LogP contribution in [0.3, 0.4) is 0 Å². The number of hydrogen-bond donors (Lipinski definition) is 1. The van der Waals surface area contributed by atoms with Crippen molar-refractivity contribution in [1.29, 1.82) is 0 Å². The van der Waals surface area contributed by atoms with Crippen LogP contribution in [0.1, 0.15) is 23.7 Å². The number of benzene rings is 1. The van der Waals surface area contributed by atoms with E-state index in [1.54, 1.807) is 24.3 Å². The van der Waals surface area contributed by atoms with Gasteiger partial charge >= 0.3 is 5.97 Å². The number of hydrogen-bond acceptors (Lipinski definition) is 4. The number of thioether (sulfide) groups is 1. The molecule has 4 nitrogen and oxygen atoms in total. The first-order chi connectivity index (χ1) is 8.15. The lowest BCUT2D eigenvalue weighted by Crippen LogP contribution is -2.14. The van der Waals surface area contributed by atoms with Crippen molar-refractivity contribution in [2.45, 2.75) is 18.2 Å². The molecule has 1 rings (SSSR count). The topological polar surface area (TPSA) is 69.4 Å². The summed E-state index contributed by atoms with van der Waals surface area (Å²) in [5.74, 6) is -0.621. The van der Waals surface area contributed by atoms with Crippen molar-refractivity contribution in [3.8, 4) is 0 Å². The van der Waals surface area contributed by atoms with Gasteiger partial charge in [0.25, 0.3) is 0 Å². The van der Waals surface area contributed by atoms with Gasteiger partial charge in [-0.25, -0.2) is 4.79 Å². The Kier molecular flexibility index (Phi) is 5.56. The molecule has 0 aliphatic carbocycles. The first kappa shape index (κ1) is 13.6. The third kappa shape index (κ3) is 4.48. The van der Waals surface area contributed by atoms with Crippen LogP contribution >= 0.6 is 11.8 Å². The van der Waals surface area contributed by atoms with Crippen molar-refractivity contribution in [2.24, 2.45) is 5.73 Å². The van der Waals surface area contributed by atoms with Gasteiger partial charge in [0.15, 0.2) is 0 Å². The average molecular weight is 253 g/mol. The molecule has 0 aliphatic rings. The first-order valence-corrected chi connectivity index (χ1v) is 6.31. The molecule has 92 valence electrons. The largest absolute Gasteiger partial charge is 0.462 e. The van der Waals surface area contributed by atoms with Crippen molar-refractivity contribution in [2.75, 3.05) is 12.4 Å². The Balaban J connectivity index is 2.76. The van der Waals surface area contributed by atoms with Gasteiger partial charge in [0.2, 0.25) is 5.91 Å². The fraction of sp³-hybridized carbons (Fsp3) is 0.333. The van der Waals surface area contributed by atoms with Gasteiger partial charge in [0, 0.05) is 4.90 Å². The first-order valence-electron chi connectivity index (χ1n) is 5.32. The smallest absolute Gasteiger partial charge is 0.339 e. The lowest BCUT2D eigenvalue weighted by molar-refractivity contribution is -0.115. The fourth-order valence-electron chi connectivity index (χ4n) is 1.18. The van der Waals surface area contributed by atoms with Gasteiger partial charge in [-0.1, -0.05) is 19.1 Å². The maximum absolute atomic E-state index is 11.7. The van der Waals surface area contributed by atoms with E-state index in [0.717, 1.165) is 6.42 Å². The highest BCUT2D eigenvalue weighted by atomic mass is 32.2. The number of carbonyl (C=O) groups excluding carboxylic acids is 2. The van der Waals surface area contributed by atoms with Crippen LogP contribution in [-0.4, -0.2) is 24.2 Å². The van der Waals surface area contributed by atoms with E-state index in [-0.39, 0.29) is 11.7 Å². The molecule has 0 aliphatic heterocycles. The third-order valence-electron chi connectivity index (χ3n) is 1.91. The number of carbonyl (C=O) groups is 2. The Labute approximate surface area is 105 Å². The molecule has 0 unspecified atom stereocenters. The summed E-state index contributed by atoms with van der Waals surface area (Å²) in [6.45, 7) is 2.33. The molecule has 2 N–H and O–H groups in total. The molecule has 0 spiro atoms. The Bertz CT molecular complexity index is 406. The molecule has 17 heavy (non-hydrogen) atoms. The Morgan fingerprint density at radius 2 is 2.06 bits per heavy atom. The summed E-state index contributed by atoms with van der Waals surface area (Å²) in [6.07, 6.45) is 0.780. The summed E-state index contributed by atoms with van der Waals surface area (Å²) >= 11 is 1.24. The third-order valence-corrected chi connectivity index (χ3v) is 3.01. The van der Waals surface area contributed by atoms with E-state index in [2.05, 4.69) is 0 Å². The standard InChI is InChI=1S/C12H15NO3S/c1-2-7-16-12(15)9-5-3-4-6-10(9)17-8-11(13)14/h3-6H,2,7-8H2,1H3,(H2,13,14). The van der Waals surface area contributed by atoms with Crippen LogP contribution in [0.4, 0.5) is 0 Å². The van der Waals surface area contributed by atoms with Gasteiger partial charge in [-0.05, 0) is 18.6 Å². The van der Waals surface area contributed by atoms with Crippen LogP contribution in [0.15, 0.2) is 29.2 Å². The zero-order valence-corrected chi connectivity index (χ0v) is 10.5. The predicted octanol–water partition coefficient (Wildman–Crippen LogP) is 1.83. The molecule has 0 saturated heterocycles. The highest BCUT2D eigenvalue weighted by molar-refractivity contribution is 8.00. The summed E-state index contributed by atoms with van der Waals surface area (Å²) in [5, 5.41) is 0. The molecule has 0 bridgehead atoms. The average Bonchev–Trinajstić information content (AvgIpc) is 2.33. The number of amides is 1. The van der Waals surface area contributed by atoms with Crippen LogP contribution < -0.4 is 5.73 Å². The molecule has 0 radical (unpaired) electrons. The van der Waals surface area contributed by atoms with E-state index in [9.17, 15) is 9.59 Å². The normalized spacial score (nSPS) is 9.94. The van der Waals surface area contributed by atoms with Crippen LogP contribution in [0.25, 0.3) is 0 Å². The number of rotatable bonds is 6. The molecule has 0 saturated carbocycles. The van der Waals surface area contributed by atoms with Gasteiger partial charge in [0.05, 0.1) is 17.9 Å². The molecule has 5 heteroatoms. The molecule has 1 aromatic carbocycles. The second-order valence-corrected chi connectivity index (χ2v) is 4.40. The minimum atomic E-state index is -0.410. The number of esters is 1.